The first-order chi connectivity index (χ1) is 19.3. The van der Waals surface area contributed by atoms with Crippen molar-refractivity contribution in [2.45, 2.75) is 124 Å². The largest absolute Gasteiger partial charge is 0.494 e. The fourth-order valence-corrected chi connectivity index (χ4v) is 4.97. The van der Waals surface area contributed by atoms with Crippen LogP contribution in [0.5, 0.6) is 5.75 Å². The summed E-state index contributed by atoms with van der Waals surface area (Å²) in [5.74, 6) is 1.24. The molecule has 1 fully saturated rings. The minimum absolute atomic E-state index is 0.107. The summed E-state index contributed by atoms with van der Waals surface area (Å²) in [5, 5.41) is 0. The third-order valence-corrected chi connectivity index (χ3v) is 8.37. The summed E-state index contributed by atoms with van der Waals surface area (Å²) in [6, 6.07) is 7.85. The maximum Gasteiger partial charge on any atom is 0.330 e. The van der Waals surface area contributed by atoms with Crippen molar-refractivity contribution in [3.05, 3.63) is 35.9 Å². The Kier molecular flexibility index (Phi) is 16.7. The molecule has 0 unspecified atom stereocenters. The van der Waals surface area contributed by atoms with Crippen LogP contribution in [0.1, 0.15) is 130 Å². The van der Waals surface area contributed by atoms with E-state index in [1.165, 1.54) is 63.9 Å². The van der Waals surface area contributed by atoms with Crippen LogP contribution in [0.15, 0.2) is 30.3 Å². The number of rotatable bonds is 20. The number of hydrogen-bond acceptors (Lipinski definition) is 5. The van der Waals surface area contributed by atoms with Gasteiger partial charge in [-0.2, -0.15) is 0 Å². The second-order valence-electron chi connectivity index (χ2n) is 12.3. The number of benzene rings is 1. The second kappa shape index (κ2) is 19.7. The van der Waals surface area contributed by atoms with Crippen molar-refractivity contribution in [1.82, 2.24) is 0 Å². The Bertz CT molecular complexity index is 849. The van der Waals surface area contributed by atoms with Crippen molar-refractivity contribution in [3.63, 3.8) is 0 Å². The van der Waals surface area contributed by atoms with Gasteiger partial charge in [0.15, 0.2) is 0 Å². The summed E-state index contributed by atoms with van der Waals surface area (Å²) in [7, 11) is 0. The highest BCUT2D eigenvalue weighted by atomic mass is 16.5. The van der Waals surface area contributed by atoms with Crippen LogP contribution in [0, 0.1) is 17.3 Å². The molecule has 0 heterocycles. The van der Waals surface area contributed by atoms with E-state index in [0.29, 0.717) is 25.0 Å². The Hall–Kier alpha value is -2.30. The maximum absolute atomic E-state index is 12.2. The van der Waals surface area contributed by atoms with Crippen LogP contribution in [0.4, 0.5) is 0 Å². The van der Waals surface area contributed by atoms with Crippen LogP contribution >= 0.6 is 0 Å². The molecule has 0 aromatic heterocycles. The van der Waals surface area contributed by atoms with Crippen LogP contribution < -0.4 is 4.74 Å². The van der Waals surface area contributed by atoms with Gasteiger partial charge in [0.25, 0.3) is 0 Å². The van der Waals surface area contributed by atoms with Gasteiger partial charge in [0, 0.05) is 6.08 Å². The molecular formula is C35H56O5. The second-order valence-corrected chi connectivity index (χ2v) is 12.3. The van der Waals surface area contributed by atoms with Crippen LogP contribution in [0.2, 0.25) is 0 Å². The number of unbranched alkanes of at least 4 members (excludes halogenated alkanes) is 9. The number of hydrogen-bond donors (Lipinski definition) is 0. The lowest BCUT2D eigenvalue weighted by Gasteiger charge is -2.29. The molecule has 1 saturated carbocycles. The third-order valence-electron chi connectivity index (χ3n) is 8.37. The van der Waals surface area contributed by atoms with E-state index in [0.717, 1.165) is 56.4 Å². The van der Waals surface area contributed by atoms with Crippen molar-refractivity contribution in [2.24, 2.45) is 17.3 Å². The van der Waals surface area contributed by atoms with E-state index in [2.05, 4.69) is 6.92 Å². The fourth-order valence-electron chi connectivity index (χ4n) is 4.97. The van der Waals surface area contributed by atoms with E-state index in [4.69, 9.17) is 14.2 Å². The van der Waals surface area contributed by atoms with Gasteiger partial charge in [-0.25, -0.2) is 4.79 Å². The van der Waals surface area contributed by atoms with Gasteiger partial charge >= 0.3 is 11.9 Å². The molecule has 0 radical (unpaired) electrons. The van der Waals surface area contributed by atoms with Gasteiger partial charge in [-0.3, -0.25) is 4.79 Å². The van der Waals surface area contributed by atoms with Crippen molar-refractivity contribution in [2.75, 3.05) is 19.8 Å². The fraction of sp³-hybridized carbons (Fsp3) is 0.714. The van der Waals surface area contributed by atoms with Gasteiger partial charge in [-0.15, -0.1) is 0 Å². The van der Waals surface area contributed by atoms with Gasteiger partial charge in [0.2, 0.25) is 0 Å². The molecule has 2 rings (SSSR count). The smallest absolute Gasteiger partial charge is 0.330 e. The zero-order valence-electron chi connectivity index (χ0n) is 25.9. The van der Waals surface area contributed by atoms with Crippen molar-refractivity contribution in [1.29, 1.82) is 0 Å². The van der Waals surface area contributed by atoms with Crippen LogP contribution in [-0.2, 0) is 19.1 Å². The van der Waals surface area contributed by atoms with Gasteiger partial charge in [-0.05, 0) is 88.0 Å². The summed E-state index contributed by atoms with van der Waals surface area (Å²) in [6.45, 7) is 9.83. The van der Waals surface area contributed by atoms with Crippen LogP contribution in [0.3, 0.4) is 0 Å². The highest BCUT2D eigenvalue weighted by molar-refractivity contribution is 5.87. The van der Waals surface area contributed by atoms with Crippen LogP contribution in [-0.4, -0.2) is 31.8 Å². The minimum atomic E-state index is -0.416. The lowest BCUT2D eigenvalue weighted by atomic mass is 9.83. The predicted octanol–water partition coefficient (Wildman–Crippen LogP) is 9.33. The van der Waals surface area contributed by atoms with Crippen molar-refractivity contribution >= 4 is 18.0 Å². The average Bonchev–Trinajstić information content (AvgIpc) is 2.97. The molecular weight excluding hydrogens is 500 g/mol. The molecule has 5 heteroatoms. The molecule has 0 amide bonds. The first-order valence-corrected chi connectivity index (χ1v) is 16.1. The van der Waals surface area contributed by atoms with Crippen LogP contribution in [0.25, 0.3) is 6.08 Å². The van der Waals surface area contributed by atoms with Crippen molar-refractivity contribution < 1.29 is 23.8 Å². The zero-order chi connectivity index (χ0) is 29.1. The number of carbonyl (C=O) groups excluding carboxylic acids is 2. The summed E-state index contributed by atoms with van der Waals surface area (Å²) in [5.41, 5.74) is 0.533. The molecule has 0 atom stereocenters. The first kappa shape index (κ1) is 33.9. The number of esters is 2. The molecule has 0 saturated heterocycles. The monoisotopic (exact) mass is 556 g/mol. The molecule has 0 bridgehead atoms. The minimum Gasteiger partial charge on any atom is -0.494 e. The van der Waals surface area contributed by atoms with E-state index >= 15 is 0 Å². The molecule has 1 aromatic rings. The van der Waals surface area contributed by atoms with E-state index in [1.807, 2.05) is 45.0 Å². The summed E-state index contributed by atoms with van der Waals surface area (Å²) >= 11 is 0. The molecule has 5 nitrogen and oxygen atoms in total. The van der Waals surface area contributed by atoms with Crippen molar-refractivity contribution in [3.8, 4) is 5.75 Å². The number of ether oxygens (including phenoxy) is 3. The molecule has 40 heavy (non-hydrogen) atoms. The predicted molar refractivity (Wildman–Crippen MR) is 164 cm³/mol. The highest BCUT2D eigenvalue weighted by Gasteiger charge is 2.29. The summed E-state index contributed by atoms with van der Waals surface area (Å²) in [4.78, 5) is 24.4. The normalized spacial score (nSPS) is 17.6. The number of carbonyl (C=O) groups is 2. The average molecular weight is 557 g/mol. The van der Waals surface area contributed by atoms with E-state index in [1.54, 1.807) is 6.08 Å². The first-order valence-electron chi connectivity index (χ1n) is 16.1. The molecule has 0 spiro atoms. The standard InChI is InChI=1S/C35H56O5/c1-5-7-8-9-10-11-12-13-14-15-26-38-32-23-20-29(21-24-32)22-25-33(36)39-27-30-16-18-31(19-17-30)28-40-34(37)35(3,4)6-2/h20-25,30-31H,5-19,26-28H2,1-4H3/b25-22+. The van der Waals surface area contributed by atoms with E-state index in [9.17, 15) is 9.59 Å². The van der Waals surface area contributed by atoms with E-state index in [-0.39, 0.29) is 11.9 Å². The molecule has 0 aliphatic heterocycles. The Morgan fingerprint density at radius 3 is 1.85 bits per heavy atom. The lowest BCUT2D eigenvalue weighted by Crippen LogP contribution is -2.29. The maximum atomic E-state index is 12.2. The molecule has 1 aromatic carbocycles. The summed E-state index contributed by atoms with van der Waals surface area (Å²) in [6.07, 6.45) is 21.3. The quantitative estimate of drug-likeness (QED) is 0.0909. The van der Waals surface area contributed by atoms with Gasteiger partial charge in [0.1, 0.15) is 5.75 Å². The Morgan fingerprint density at radius 1 is 0.775 bits per heavy atom. The summed E-state index contributed by atoms with van der Waals surface area (Å²) < 4.78 is 16.9. The Morgan fingerprint density at radius 2 is 1.30 bits per heavy atom. The Balaban J connectivity index is 1.53. The third kappa shape index (κ3) is 14.4. The SMILES string of the molecule is CCCCCCCCCCCCOc1ccc(/C=C/C(=O)OCC2CCC(COC(=O)C(C)(C)CC)CC2)cc1. The molecule has 1 aliphatic carbocycles. The topological polar surface area (TPSA) is 61.8 Å². The molecule has 226 valence electrons. The van der Waals surface area contributed by atoms with Gasteiger partial charge in [0.05, 0.1) is 25.2 Å². The van der Waals surface area contributed by atoms with Gasteiger partial charge in [-0.1, -0.05) is 83.8 Å². The Labute approximate surface area is 244 Å². The highest BCUT2D eigenvalue weighted by Crippen LogP contribution is 2.30. The molecule has 1 aliphatic rings. The lowest BCUT2D eigenvalue weighted by molar-refractivity contribution is -0.156. The van der Waals surface area contributed by atoms with E-state index < -0.39 is 5.41 Å². The van der Waals surface area contributed by atoms with Gasteiger partial charge < -0.3 is 14.2 Å². The zero-order valence-corrected chi connectivity index (χ0v) is 25.9. The molecule has 0 N–H and O–H groups in total.